The highest BCUT2D eigenvalue weighted by Crippen LogP contribution is 2.33. The zero-order chi connectivity index (χ0) is 18.2. The molecule has 1 N–H and O–H groups in total. The Morgan fingerprint density at radius 2 is 1.88 bits per heavy atom. The second-order valence-corrected chi connectivity index (χ2v) is 6.74. The quantitative estimate of drug-likeness (QED) is 0.818. The molecule has 1 heterocycles. The van der Waals surface area contributed by atoms with Crippen molar-refractivity contribution < 1.29 is 14.3 Å². The highest BCUT2D eigenvalue weighted by molar-refractivity contribution is 6.42. The molecule has 1 aliphatic rings. The third-order valence-electron chi connectivity index (χ3n) is 4.25. The fourth-order valence-corrected chi connectivity index (χ4v) is 3.09. The molecule has 1 aliphatic heterocycles. The van der Waals surface area contributed by atoms with Crippen LogP contribution in [-0.2, 0) is 16.9 Å². The monoisotopic (exact) mass is 378 g/mol. The van der Waals surface area contributed by atoms with Crippen LogP contribution in [0, 0.1) is 0 Å². The number of rotatable bonds is 4. The van der Waals surface area contributed by atoms with Gasteiger partial charge in [-0.1, -0.05) is 41.4 Å². The van der Waals surface area contributed by atoms with Crippen LogP contribution in [-0.4, -0.2) is 23.9 Å². The molecule has 0 saturated carbocycles. The molecular formula is C18H16Cl2N2O3. The average Bonchev–Trinajstić information content (AvgIpc) is 2.81. The second kappa shape index (κ2) is 6.58. The minimum absolute atomic E-state index is 0.152. The maximum atomic E-state index is 12.9. The average molecular weight is 379 g/mol. The van der Waals surface area contributed by atoms with E-state index in [-0.39, 0.29) is 12.5 Å². The largest absolute Gasteiger partial charge is 0.497 e. The number of amides is 3. The fourth-order valence-electron chi connectivity index (χ4n) is 2.80. The maximum absolute atomic E-state index is 12.9. The summed E-state index contributed by atoms with van der Waals surface area (Å²) in [5.41, 5.74) is 0.180. The Morgan fingerprint density at radius 1 is 1.12 bits per heavy atom. The molecule has 3 amide bonds. The number of hydrogen-bond acceptors (Lipinski definition) is 3. The van der Waals surface area contributed by atoms with Crippen molar-refractivity contribution >= 4 is 35.1 Å². The Labute approximate surface area is 155 Å². The fraction of sp³-hybridized carbons (Fsp3) is 0.222. The summed E-state index contributed by atoms with van der Waals surface area (Å²) < 4.78 is 5.18. The molecule has 3 rings (SSSR count). The van der Waals surface area contributed by atoms with Crippen LogP contribution in [0.15, 0.2) is 42.5 Å². The molecule has 0 aliphatic carbocycles. The molecule has 1 atom stereocenters. The summed E-state index contributed by atoms with van der Waals surface area (Å²) in [5.74, 6) is 0.315. The predicted molar refractivity (Wildman–Crippen MR) is 95.9 cm³/mol. The van der Waals surface area contributed by atoms with Gasteiger partial charge in [0.2, 0.25) is 0 Å². The topological polar surface area (TPSA) is 58.6 Å². The van der Waals surface area contributed by atoms with Crippen LogP contribution in [0.25, 0.3) is 0 Å². The number of benzene rings is 2. The van der Waals surface area contributed by atoms with Gasteiger partial charge < -0.3 is 10.1 Å². The second-order valence-electron chi connectivity index (χ2n) is 5.93. The molecule has 0 bridgehead atoms. The normalized spacial score (nSPS) is 19.9. The summed E-state index contributed by atoms with van der Waals surface area (Å²) in [7, 11) is 1.56. The lowest BCUT2D eigenvalue weighted by atomic mass is 9.92. The number of nitrogens with zero attached hydrogens (tertiary/aromatic N) is 1. The minimum atomic E-state index is -1.19. The number of hydrogen-bond donors (Lipinski definition) is 1. The lowest BCUT2D eigenvalue weighted by Gasteiger charge is -2.22. The van der Waals surface area contributed by atoms with Gasteiger partial charge in [0.1, 0.15) is 11.3 Å². The summed E-state index contributed by atoms with van der Waals surface area (Å²) in [6.45, 7) is 1.80. The lowest BCUT2D eigenvalue weighted by molar-refractivity contribution is -0.131. The van der Waals surface area contributed by atoms with Crippen LogP contribution in [0.3, 0.4) is 0 Å². The molecule has 7 heteroatoms. The van der Waals surface area contributed by atoms with E-state index in [1.54, 1.807) is 44.4 Å². The molecule has 0 spiro atoms. The van der Waals surface area contributed by atoms with Crippen LogP contribution < -0.4 is 10.1 Å². The van der Waals surface area contributed by atoms with Gasteiger partial charge in [-0.3, -0.25) is 9.69 Å². The molecular weight excluding hydrogens is 363 g/mol. The molecule has 130 valence electrons. The third kappa shape index (κ3) is 3.17. The first-order chi connectivity index (χ1) is 11.8. The van der Waals surface area contributed by atoms with Crippen molar-refractivity contribution in [3.8, 4) is 5.75 Å². The predicted octanol–water partition coefficient (Wildman–Crippen LogP) is 3.97. The van der Waals surface area contributed by atoms with E-state index in [9.17, 15) is 9.59 Å². The zero-order valence-electron chi connectivity index (χ0n) is 13.7. The number of urea groups is 1. The SMILES string of the molecule is COc1cccc(CN2C(=O)NC(C)(c3ccc(Cl)c(Cl)c3)C2=O)c1. The number of nitrogens with one attached hydrogen (secondary N) is 1. The van der Waals surface area contributed by atoms with E-state index >= 15 is 0 Å². The number of ether oxygens (including phenoxy) is 1. The maximum Gasteiger partial charge on any atom is 0.325 e. The molecule has 5 nitrogen and oxygen atoms in total. The number of halogens is 2. The molecule has 1 fully saturated rings. The molecule has 1 saturated heterocycles. The molecule has 2 aromatic rings. The van der Waals surface area contributed by atoms with Gasteiger partial charge in [-0.25, -0.2) is 4.79 Å². The molecule has 1 unspecified atom stereocenters. The van der Waals surface area contributed by atoms with E-state index in [1.807, 2.05) is 12.1 Å². The first-order valence-corrected chi connectivity index (χ1v) is 8.33. The van der Waals surface area contributed by atoms with E-state index in [2.05, 4.69) is 5.32 Å². The molecule has 2 aromatic carbocycles. The van der Waals surface area contributed by atoms with E-state index in [0.717, 1.165) is 5.56 Å². The highest BCUT2D eigenvalue weighted by Gasteiger charge is 2.49. The van der Waals surface area contributed by atoms with Gasteiger partial charge in [0, 0.05) is 0 Å². The third-order valence-corrected chi connectivity index (χ3v) is 4.99. The van der Waals surface area contributed by atoms with Crippen LogP contribution in [0.1, 0.15) is 18.1 Å². The summed E-state index contributed by atoms with van der Waals surface area (Å²) in [6, 6.07) is 11.7. The van der Waals surface area contributed by atoms with Crippen molar-refractivity contribution in [2.75, 3.05) is 7.11 Å². The van der Waals surface area contributed by atoms with Crippen molar-refractivity contribution in [1.29, 1.82) is 0 Å². The Morgan fingerprint density at radius 3 is 2.56 bits per heavy atom. The number of imide groups is 1. The van der Waals surface area contributed by atoms with Crippen molar-refractivity contribution in [1.82, 2.24) is 10.2 Å². The van der Waals surface area contributed by atoms with Gasteiger partial charge in [-0.05, 0) is 42.3 Å². The Balaban J connectivity index is 1.89. The van der Waals surface area contributed by atoms with Crippen molar-refractivity contribution in [2.45, 2.75) is 19.0 Å². The first-order valence-electron chi connectivity index (χ1n) is 7.57. The van der Waals surface area contributed by atoms with E-state index in [1.165, 1.54) is 4.90 Å². The van der Waals surface area contributed by atoms with Crippen molar-refractivity contribution in [3.05, 3.63) is 63.6 Å². The number of methoxy groups -OCH3 is 1. The van der Waals surface area contributed by atoms with Gasteiger partial charge in [0.25, 0.3) is 5.91 Å². The van der Waals surface area contributed by atoms with Crippen LogP contribution in [0.4, 0.5) is 4.79 Å². The van der Waals surface area contributed by atoms with Crippen LogP contribution in [0.2, 0.25) is 10.0 Å². The summed E-state index contributed by atoms with van der Waals surface area (Å²) in [5, 5.41) is 3.46. The molecule has 0 aromatic heterocycles. The van der Waals surface area contributed by atoms with E-state index < -0.39 is 11.6 Å². The Bertz CT molecular complexity index is 856. The van der Waals surface area contributed by atoms with Gasteiger partial charge in [0.15, 0.2) is 0 Å². The minimum Gasteiger partial charge on any atom is -0.497 e. The van der Waals surface area contributed by atoms with Gasteiger partial charge >= 0.3 is 6.03 Å². The summed E-state index contributed by atoms with van der Waals surface area (Å²) in [4.78, 5) is 26.5. The lowest BCUT2D eigenvalue weighted by Crippen LogP contribution is -2.40. The molecule has 0 radical (unpaired) electrons. The summed E-state index contributed by atoms with van der Waals surface area (Å²) in [6.07, 6.45) is 0. The zero-order valence-corrected chi connectivity index (χ0v) is 15.2. The number of carbonyl (C=O) groups excluding carboxylic acids is 2. The number of carbonyl (C=O) groups is 2. The first kappa shape index (κ1) is 17.6. The van der Waals surface area contributed by atoms with Gasteiger partial charge in [0.05, 0.1) is 23.7 Å². The van der Waals surface area contributed by atoms with E-state index in [4.69, 9.17) is 27.9 Å². The van der Waals surface area contributed by atoms with Crippen LogP contribution >= 0.6 is 23.2 Å². The highest BCUT2D eigenvalue weighted by atomic mass is 35.5. The van der Waals surface area contributed by atoms with E-state index in [0.29, 0.717) is 21.4 Å². The van der Waals surface area contributed by atoms with Crippen molar-refractivity contribution in [3.63, 3.8) is 0 Å². The Kier molecular flexibility index (Phi) is 4.62. The molecule has 25 heavy (non-hydrogen) atoms. The van der Waals surface area contributed by atoms with Gasteiger partial charge in [-0.15, -0.1) is 0 Å². The Hall–Kier alpha value is -2.24. The van der Waals surface area contributed by atoms with Crippen LogP contribution in [0.5, 0.6) is 5.75 Å². The van der Waals surface area contributed by atoms with Gasteiger partial charge in [-0.2, -0.15) is 0 Å². The summed E-state index contributed by atoms with van der Waals surface area (Å²) >= 11 is 12.0. The standard InChI is InChI=1S/C18H16Cl2N2O3/c1-18(12-6-7-14(19)15(20)9-12)16(23)22(17(24)21-18)10-11-4-3-5-13(8-11)25-2/h3-9H,10H2,1-2H3,(H,21,24). The van der Waals surface area contributed by atoms with Crippen molar-refractivity contribution in [2.24, 2.45) is 0 Å². The smallest absolute Gasteiger partial charge is 0.325 e.